The Morgan fingerprint density at radius 2 is 1.80 bits per heavy atom. The van der Waals surface area contributed by atoms with Crippen molar-refractivity contribution in [1.82, 2.24) is 0 Å². The van der Waals surface area contributed by atoms with E-state index in [0.717, 1.165) is 19.3 Å². The second-order valence-corrected chi connectivity index (χ2v) is 7.75. The lowest BCUT2D eigenvalue weighted by molar-refractivity contribution is -0.160. The maximum absolute atomic E-state index is 13.8. The van der Waals surface area contributed by atoms with Gasteiger partial charge in [-0.3, -0.25) is 4.55 Å². The first kappa shape index (κ1) is 15.7. The van der Waals surface area contributed by atoms with Crippen LogP contribution in [0.4, 0.5) is 4.39 Å². The van der Waals surface area contributed by atoms with Crippen molar-refractivity contribution in [2.45, 2.75) is 63.0 Å². The lowest BCUT2D eigenvalue weighted by Gasteiger charge is -2.39. The van der Waals surface area contributed by atoms with Gasteiger partial charge in [0.2, 0.25) is 0 Å². The molecule has 2 rings (SSSR count). The van der Waals surface area contributed by atoms with E-state index in [4.69, 9.17) is 9.29 Å². The molecule has 0 heterocycles. The third-order valence-electron chi connectivity index (χ3n) is 4.61. The monoisotopic (exact) mass is 308 g/mol. The number of alkyl halides is 1. The van der Waals surface area contributed by atoms with Crippen LogP contribution in [-0.2, 0) is 19.6 Å². The van der Waals surface area contributed by atoms with E-state index in [9.17, 15) is 17.6 Å². The van der Waals surface area contributed by atoms with E-state index < -0.39 is 27.2 Å². The number of hydrogen-bond acceptors (Lipinski definition) is 4. The maximum atomic E-state index is 13.8. The summed E-state index contributed by atoms with van der Waals surface area (Å²) >= 11 is 0. The van der Waals surface area contributed by atoms with Crippen molar-refractivity contribution in [3.63, 3.8) is 0 Å². The van der Waals surface area contributed by atoms with Crippen molar-refractivity contribution in [2.24, 2.45) is 11.8 Å². The van der Waals surface area contributed by atoms with Gasteiger partial charge >= 0.3 is 21.1 Å². The molecule has 2 saturated carbocycles. The normalized spacial score (nSPS) is 33.9. The summed E-state index contributed by atoms with van der Waals surface area (Å²) in [6.45, 7) is 0.511. The topological polar surface area (TPSA) is 80.7 Å². The van der Waals surface area contributed by atoms with Crippen molar-refractivity contribution in [1.29, 1.82) is 0 Å². The number of halogens is 1. The smallest absolute Gasteiger partial charge is 0.362 e. The summed E-state index contributed by atoms with van der Waals surface area (Å²) in [7, 11) is -5.12. The fraction of sp³-hybridized carbons (Fsp3) is 0.923. The predicted molar refractivity (Wildman–Crippen MR) is 70.2 cm³/mol. The van der Waals surface area contributed by atoms with Gasteiger partial charge in [-0.05, 0) is 38.0 Å². The largest absolute Gasteiger partial charge is 0.459 e. The lowest BCUT2D eigenvalue weighted by atomic mass is 9.70. The van der Waals surface area contributed by atoms with Crippen molar-refractivity contribution in [2.75, 3.05) is 0 Å². The fourth-order valence-electron chi connectivity index (χ4n) is 3.30. The summed E-state index contributed by atoms with van der Waals surface area (Å²) in [6.07, 6.45) is 6.45. The van der Waals surface area contributed by atoms with Gasteiger partial charge in [0.25, 0.3) is 0 Å². The molecule has 2 aliphatic carbocycles. The zero-order valence-corrected chi connectivity index (χ0v) is 12.4. The van der Waals surface area contributed by atoms with Gasteiger partial charge < -0.3 is 4.74 Å². The molecule has 0 aromatic heterocycles. The Labute approximate surface area is 118 Å². The molecule has 4 unspecified atom stereocenters. The lowest BCUT2D eigenvalue weighted by Crippen LogP contribution is -2.43. The van der Waals surface area contributed by atoms with Crippen LogP contribution >= 0.6 is 0 Å². The number of rotatable bonds is 3. The molecule has 0 radical (unpaired) electrons. The molecule has 7 heteroatoms. The first-order valence-electron chi connectivity index (χ1n) is 7.09. The Kier molecular flexibility index (Phi) is 4.39. The highest BCUT2D eigenvalue weighted by molar-refractivity contribution is 7.87. The number of carbonyl (C=O) groups is 1. The minimum absolute atomic E-state index is 0.446. The van der Waals surface area contributed by atoms with Crippen molar-refractivity contribution >= 4 is 16.1 Å². The molecule has 116 valence electrons. The minimum atomic E-state index is -5.12. The molecule has 20 heavy (non-hydrogen) atoms. The van der Waals surface area contributed by atoms with Crippen LogP contribution in [0.3, 0.4) is 0 Å². The predicted octanol–water partition coefficient (Wildman–Crippen LogP) is 2.46. The molecule has 0 spiro atoms. The maximum Gasteiger partial charge on any atom is 0.362 e. The van der Waals surface area contributed by atoms with Gasteiger partial charge in [0.05, 0.1) is 0 Å². The second kappa shape index (κ2) is 5.60. The van der Waals surface area contributed by atoms with E-state index in [1.165, 1.54) is 12.8 Å². The van der Waals surface area contributed by atoms with E-state index in [0.29, 0.717) is 31.6 Å². The number of carbonyl (C=O) groups excluding carboxylic acids is 1. The molecule has 0 aromatic carbocycles. The number of esters is 1. The number of hydrogen-bond donors (Lipinski definition) is 1. The average molecular weight is 308 g/mol. The molecule has 0 aliphatic heterocycles. The minimum Gasteiger partial charge on any atom is -0.459 e. The van der Waals surface area contributed by atoms with Crippen molar-refractivity contribution < 1.29 is 26.9 Å². The van der Waals surface area contributed by atoms with E-state index in [-0.39, 0.29) is 0 Å². The SMILES string of the molecule is CC(F)(C(=O)OC1CCC2CCCCC2C1)S(=O)(=O)O. The molecule has 5 nitrogen and oxygen atoms in total. The van der Waals surface area contributed by atoms with Crippen molar-refractivity contribution in [3.8, 4) is 0 Å². The second-order valence-electron chi connectivity index (χ2n) is 6.04. The van der Waals surface area contributed by atoms with Gasteiger partial charge in [0.1, 0.15) is 6.10 Å². The zero-order valence-electron chi connectivity index (χ0n) is 11.5. The standard InChI is InChI=1S/C13H21FO5S/c1-13(14,20(16,17)18)12(15)19-11-7-6-9-4-2-3-5-10(9)8-11/h9-11H,2-8H2,1H3,(H,16,17,18). The quantitative estimate of drug-likeness (QED) is 0.640. The van der Waals surface area contributed by atoms with Crippen molar-refractivity contribution in [3.05, 3.63) is 0 Å². The fourth-order valence-corrected chi connectivity index (χ4v) is 3.56. The molecule has 0 saturated heterocycles. The Balaban J connectivity index is 1.96. The Hall–Kier alpha value is -0.690. The van der Waals surface area contributed by atoms with Gasteiger partial charge in [0.15, 0.2) is 0 Å². The molecule has 2 aliphatic rings. The summed E-state index contributed by atoms with van der Waals surface area (Å²) in [5.41, 5.74) is 0. The molecule has 4 atom stereocenters. The average Bonchev–Trinajstić information content (AvgIpc) is 2.37. The van der Waals surface area contributed by atoms with Crippen LogP contribution in [0.15, 0.2) is 0 Å². The van der Waals surface area contributed by atoms with Crippen LogP contribution in [-0.4, -0.2) is 30.0 Å². The number of fused-ring (bicyclic) bond motifs is 1. The van der Waals surface area contributed by atoms with Gasteiger partial charge in [0, 0.05) is 0 Å². The highest BCUT2D eigenvalue weighted by Gasteiger charge is 2.49. The molecule has 1 N–H and O–H groups in total. The van der Waals surface area contributed by atoms with E-state index in [1.807, 2.05) is 0 Å². The summed E-state index contributed by atoms with van der Waals surface area (Å²) in [5, 5.41) is -3.39. The molecular weight excluding hydrogens is 287 g/mol. The van der Waals surface area contributed by atoms with E-state index >= 15 is 0 Å². The third kappa shape index (κ3) is 3.14. The first-order chi connectivity index (χ1) is 9.22. The summed E-state index contributed by atoms with van der Waals surface area (Å²) < 4.78 is 49.2. The van der Waals surface area contributed by atoms with Gasteiger partial charge in [-0.1, -0.05) is 25.7 Å². The summed E-state index contributed by atoms with van der Waals surface area (Å²) in [5.74, 6) is -0.386. The molecule has 0 bridgehead atoms. The highest BCUT2D eigenvalue weighted by Crippen LogP contribution is 2.41. The Morgan fingerprint density at radius 3 is 2.40 bits per heavy atom. The van der Waals surface area contributed by atoms with Crippen LogP contribution < -0.4 is 0 Å². The Morgan fingerprint density at radius 1 is 1.20 bits per heavy atom. The molecule has 0 aromatic rings. The van der Waals surface area contributed by atoms with Crippen LogP contribution in [0.1, 0.15) is 51.9 Å². The zero-order chi connectivity index (χ0) is 15.0. The van der Waals surface area contributed by atoms with Crippen LogP contribution in [0.25, 0.3) is 0 Å². The summed E-state index contributed by atoms with van der Waals surface area (Å²) in [6, 6.07) is 0. The third-order valence-corrected chi connectivity index (χ3v) is 5.75. The molecular formula is C13H21FO5S. The first-order valence-corrected chi connectivity index (χ1v) is 8.53. The molecule has 2 fully saturated rings. The Bertz CT molecular complexity index is 473. The molecule has 0 amide bonds. The van der Waals surface area contributed by atoms with Crippen LogP contribution in [0.2, 0.25) is 0 Å². The highest BCUT2D eigenvalue weighted by atomic mass is 32.2. The van der Waals surface area contributed by atoms with E-state index in [2.05, 4.69) is 0 Å². The summed E-state index contributed by atoms with van der Waals surface area (Å²) in [4.78, 5) is 11.6. The number of ether oxygens (including phenoxy) is 1. The van der Waals surface area contributed by atoms with Gasteiger partial charge in [-0.15, -0.1) is 0 Å². The van der Waals surface area contributed by atoms with Gasteiger partial charge in [-0.25, -0.2) is 9.18 Å². The van der Waals surface area contributed by atoms with E-state index in [1.54, 1.807) is 0 Å². The van der Waals surface area contributed by atoms with Crippen LogP contribution in [0, 0.1) is 11.8 Å². The van der Waals surface area contributed by atoms with Crippen LogP contribution in [0.5, 0.6) is 0 Å². The van der Waals surface area contributed by atoms with Gasteiger partial charge in [-0.2, -0.15) is 8.42 Å².